The zero-order valence-corrected chi connectivity index (χ0v) is 16.0. The maximum Gasteiger partial charge on any atom is 0.122 e. The van der Waals surface area contributed by atoms with Crippen LogP contribution in [-0.4, -0.2) is 39.6 Å². The van der Waals surface area contributed by atoms with E-state index in [0.717, 1.165) is 42.5 Å². The van der Waals surface area contributed by atoms with E-state index < -0.39 is 0 Å². The lowest BCUT2D eigenvalue weighted by atomic mass is 9.94. The van der Waals surface area contributed by atoms with Gasteiger partial charge < -0.3 is 9.30 Å². The molecule has 5 heteroatoms. The highest BCUT2D eigenvalue weighted by molar-refractivity contribution is 5.61. The number of pyridine rings is 1. The first-order chi connectivity index (χ1) is 13.2. The van der Waals surface area contributed by atoms with Crippen molar-refractivity contribution in [3.63, 3.8) is 0 Å². The zero-order valence-electron chi connectivity index (χ0n) is 16.0. The molecule has 140 valence electrons. The number of aromatic nitrogens is 3. The maximum absolute atomic E-state index is 5.35. The third-order valence-corrected chi connectivity index (χ3v) is 5.35. The Bertz CT molecular complexity index is 905. The zero-order chi connectivity index (χ0) is 18.6. The molecule has 4 rings (SSSR count). The van der Waals surface area contributed by atoms with Gasteiger partial charge in [-0.25, -0.2) is 4.98 Å². The van der Waals surface area contributed by atoms with E-state index in [9.17, 15) is 0 Å². The van der Waals surface area contributed by atoms with Crippen molar-refractivity contribution in [3.05, 3.63) is 66.4 Å². The number of nitrogens with zero attached hydrogens (tertiary/aromatic N) is 4. The Hall–Kier alpha value is -2.66. The van der Waals surface area contributed by atoms with Gasteiger partial charge in [0, 0.05) is 43.2 Å². The minimum absolute atomic E-state index is 0.463. The van der Waals surface area contributed by atoms with E-state index in [1.165, 1.54) is 18.5 Å². The second-order valence-corrected chi connectivity index (χ2v) is 7.21. The van der Waals surface area contributed by atoms with Crippen LogP contribution in [-0.2, 0) is 13.6 Å². The standard InChI is InChI=1S/C22H26N4O/c1-25-13-11-23-22(25)16-26-12-5-7-18(15-26)21-10-4-9-20(24-21)17-6-3-8-19(14-17)27-2/h3-4,6,8-11,13-14,18H,5,7,12,15-16H2,1-2H3/t18-/m0/s1. The lowest BCUT2D eigenvalue weighted by Crippen LogP contribution is -2.34. The number of hydrogen-bond donors (Lipinski definition) is 0. The molecule has 5 nitrogen and oxygen atoms in total. The van der Waals surface area contributed by atoms with Crippen molar-refractivity contribution in [1.82, 2.24) is 19.4 Å². The molecule has 0 spiro atoms. The fourth-order valence-corrected chi connectivity index (χ4v) is 3.81. The van der Waals surface area contributed by atoms with Crippen molar-refractivity contribution in [2.24, 2.45) is 7.05 Å². The third kappa shape index (κ3) is 4.03. The average molecular weight is 362 g/mol. The molecule has 0 bridgehead atoms. The van der Waals surface area contributed by atoms with E-state index in [2.05, 4.69) is 45.8 Å². The molecule has 1 aliphatic heterocycles. The van der Waals surface area contributed by atoms with Crippen molar-refractivity contribution >= 4 is 0 Å². The minimum Gasteiger partial charge on any atom is -0.497 e. The van der Waals surface area contributed by atoms with Gasteiger partial charge in [-0.05, 0) is 43.7 Å². The third-order valence-electron chi connectivity index (χ3n) is 5.35. The lowest BCUT2D eigenvalue weighted by molar-refractivity contribution is 0.192. The van der Waals surface area contributed by atoms with Crippen LogP contribution in [0, 0.1) is 0 Å². The molecule has 1 aliphatic rings. The van der Waals surface area contributed by atoms with Gasteiger partial charge in [-0.2, -0.15) is 0 Å². The Balaban J connectivity index is 1.51. The van der Waals surface area contributed by atoms with Crippen LogP contribution in [0.4, 0.5) is 0 Å². The Kier molecular flexibility index (Phi) is 5.21. The van der Waals surface area contributed by atoms with Gasteiger partial charge in [-0.1, -0.05) is 18.2 Å². The van der Waals surface area contributed by atoms with Crippen LogP contribution in [0.5, 0.6) is 5.75 Å². The fourth-order valence-electron chi connectivity index (χ4n) is 3.81. The number of likely N-dealkylation sites (tertiary alicyclic amines) is 1. The van der Waals surface area contributed by atoms with Crippen LogP contribution >= 0.6 is 0 Å². The summed E-state index contributed by atoms with van der Waals surface area (Å²) in [4.78, 5) is 12.0. The second kappa shape index (κ2) is 7.92. The summed E-state index contributed by atoms with van der Waals surface area (Å²) in [5.74, 6) is 2.44. The van der Waals surface area contributed by atoms with Crippen molar-refractivity contribution in [3.8, 4) is 17.0 Å². The van der Waals surface area contributed by atoms with Crippen molar-refractivity contribution < 1.29 is 4.74 Å². The summed E-state index contributed by atoms with van der Waals surface area (Å²) in [5.41, 5.74) is 3.28. The first-order valence-electron chi connectivity index (χ1n) is 9.53. The summed E-state index contributed by atoms with van der Waals surface area (Å²) >= 11 is 0. The molecule has 0 saturated carbocycles. The Morgan fingerprint density at radius 2 is 2.07 bits per heavy atom. The topological polar surface area (TPSA) is 43.2 Å². The number of piperidine rings is 1. The molecule has 1 aromatic carbocycles. The first kappa shape index (κ1) is 17.7. The number of hydrogen-bond acceptors (Lipinski definition) is 4. The first-order valence-corrected chi connectivity index (χ1v) is 9.53. The normalized spacial score (nSPS) is 17.8. The SMILES string of the molecule is COc1cccc(-c2cccc([C@H]3CCCN(Cc4nccn4C)C3)n2)c1. The molecule has 3 aromatic rings. The van der Waals surface area contributed by atoms with Crippen molar-refractivity contribution in [2.75, 3.05) is 20.2 Å². The molecule has 3 heterocycles. The summed E-state index contributed by atoms with van der Waals surface area (Å²) in [7, 11) is 3.75. The summed E-state index contributed by atoms with van der Waals surface area (Å²) in [6.07, 6.45) is 6.26. The van der Waals surface area contributed by atoms with Gasteiger partial charge in [-0.15, -0.1) is 0 Å². The van der Waals surface area contributed by atoms with Crippen LogP contribution in [0.15, 0.2) is 54.9 Å². The smallest absolute Gasteiger partial charge is 0.122 e. The number of rotatable bonds is 5. The largest absolute Gasteiger partial charge is 0.497 e. The molecule has 0 unspecified atom stereocenters. The molecule has 0 amide bonds. The van der Waals surface area contributed by atoms with Crippen LogP contribution in [0.2, 0.25) is 0 Å². The van der Waals surface area contributed by atoms with Crippen molar-refractivity contribution in [2.45, 2.75) is 25.3 Å². The van der Waals surface area contributed by atoms with Gasteiger partial charge in [0.2, 0.25) is 0 Å². The Morgan fingerprint density at radius 3 is 2.89 bits per heavy atom. The van der Waals surface area contributed by atoms with E-state index in [4.69, 9.17) is 9.72 Å². The van der Waals surface area contributed by atoms with E-state index in [-0.39, 0.29) is 0 Å². The lowest BCUT2D eigenvalue weighted by Gasteiger charge is -2.32. The number of imidazole rings is 1. The number of aryl methyl sites for hydroxylation is 1. The second-order valence-electron chi connectivity index (χ2n) is 7.21. The maximum atomic E-state index is 5.35. The molecule has 0 N–H and O–H groups in total. The van der Waals surface area contributed by atoms with Gasteiger partial charge >= 0.3 is 0 Å². The van der Waals surface area contributed by atoms with E-state index in [1.54, 1.807) is 7.11 Å². The van der Waals surface area contributed by atoms with Crippen LogP contribution in [0.1, 0.15) is 30.3 Å². The highest BCUT2D eigenvalue weighted by atomic mass is 16.5. The summed E-state index contributed by atoms with van der Waals surface area (Å²) < 4.78 is 7.46. The summed E-state index contributed by atoms with van der Waals surface area (Å²) in [6, 6.07) is 14.5. The average Bonchev–Trinajstić information content (AvgIpc) is 3.13. The molecule has 0 radical (unpaired) electrons. The fraction of sp³-hybridized carbons (Fsp3) is 0.364. The summed E-state index contributed by atoms with van der Waals surface area (Å²) in [5, 5.41) is 0. The molecular formula is C22H26N4O. The minimum atomic E-state index is 0.463. The van der Waals surface area contributed by atoms with Gasteiger partial charge in [0.05, 0.1) is 19.3 Å². The quantitative estimate of drug-likeness (QED) is 0.691. The Labute approximate surface area is 160 Å². The summed E-state index contributed by atoms with van der Waals surface area (Å²) in [6.45, 7) is 3.05. The molecule has 1 saturated heterocycles. The molecule has 1 fully saturated rings. The van der Waals surface area contributed by atoms with E-state index >= 15 is 0 Å². The van der Waals surface area contributed by atoms with Crippen molar-refractivity contribution in [1.29, 1.82) is 0 Å². The predicted molar refractivity (Wildman–Crippen MR) is 107 cm³/mol. The van der Waals surface area contributed by atoms with Gasteiger partial charge in [0.15, 0.2) is 0 Å². The van der Waals surface area contributed by atoms with Crippen LogP contribution < -0.4 is 4.74 Å². The van der Waals surface area contributed by atoms with Crippen LogP contribution in [0.25, 0.3) is 11.3 Å². The number of benzene rings is 1. The molecular weight excluding hydrogens is 336 g/mol. The van der Waals surface area contributed by atoms with Gasteiger partial charge in [0.25, 0.3) is 0 Å². The molecule has 27 heavy (non-hydrogen) atoms. The monoisotopic (exact) mass is 362 g/mol. The molecule has 2 aromatic heterocycles. The molecule has 1 atom stereocenters. The Morgan fingerprint density at radius 1 is 1.19 bits per heavy atom. The molecule has 0 aliphatic carbocycles. The van der Waals surface area contributed by atoms with Gasteiger partial charge in [-0.3, -0.25) is 9.88 Å². The van der Waals surface area contributed by atoms with Crippen LogP contribution in [0.3, 0.4) is 0 Å². The highest BCUT2D eigenvalue weighted by Crippen LogP contribution is 2.29. The highest BCUT2D eigenvalue weighted by Gasteiger charge is 2.23. The van der Waals surface area contributed by atoms with Gasteiger partial charge in [0.1, 0.15) is 11.6 Å². The number of ether oxygens (including phenoxy) is 1. The number of methoxy groups -OCH3 is 1. The van der Waals surface area contributed by atoms with E-state index in [1.807, 2.05) is 30.6 Å². The van der Waals surface area contributed by atoms with E-state index in [0.29, 0.717) is 5.92 Å². The predicted octanol–water partition coefficient (Wildman–Crippen LogP) is 3.87.